The van der Waals surface area contributed by atoms with Crippen molar-refractivity contribution in [2.75, 3.05) is 13.7 Å². The number of esters is 1. The minimum absolute atomic E-state index is 0.168. The second-order valence-corrected chi connectivity index (χ2v) is 7.54. The number of phenolic OH excluding ortho intramolecular Hbond substituents is 1. The summed E-state index contributed by atoms with van der Waals surface area (Å²) >= 11 is 0. The van der Waals surface area contributed by atoms with Gasteiger partial charge in [0.25, 0.3) is 5.91 Å². The van der Waals surface area contributed by atoms with Crippen molar-refractivity contribution in [2.24, 2.45) is 0 Å². The van der Waals surface area contributed by atoms with E-state index in [1.165, 1.54) is 7.11 Å². The number of phenols is 1. The van der Waals surface area contributed by atoms with E-state index in [0.29, 0.717) is 37.3 Å². The quantitative estimate of drug-likeness (QED) is 0.820. The number of methoxy groups -OCH3 is 1. The Balaban J connectivity index is 1.94. The largest absolute Gasteiger partial charge is 0.507 e. The lowest BCUT2D eigenvalue weighted by Gasteiger charge is -2.39. The standard InChI is InChI=1S/C20H27NO5/c1-11-12(2)17-14(13(3)16(11)22)8-9-20(4,26-17)19(24)21-10-6-7-15(21)18(23)25-5/h15,22H,6-10H2,1-5H3. The molecule has 6 heteroatoms. The van der Waals surface area contributed by atoms with E-state index in [0.717, 1.165) is 28.7 Å². The van der Waals surface area contributed by atoms with Crippen molar-refractivity contribution in [3.63, 3.8) is 0 Å². The number of rotatable bonds is 2. The first kappa shape index (κ1) is 18.5. The molecule has 26 heavy (non-hydrogen) atoms. The van der Waals surface area contributed by atoms with Crippen LogP contribution in [0.2, 0.25) is 0 Å². The van der Waals surface area contributed by atoms with Crippen LogP contribution in [0.5, 0.6) is 11.5 Å². The minimum atomic E-state index is -1.02. The van der Waals surface area contributed by atoms with Gasteiger partial charge in [-0.15, -0.1) is 0 Å². The molecule has 2 atom stereocenters. The number of ether oxygens (including phenoxy) is 2. The van der Waals surface area contributed by atoms with Crippen molar-refractivity contribution in [2.45, 2.75) is 65.0 Å². The molecule has 0 bridgehead atoms. The number of nitrogens with zero attached hydrogens (tertiary/aromatic N) is 1. The van der Waals surface area contributed by atoms with E-state index in [4.69, 9.17) is 9.47 Å². The van der Waals surface area contributed by atoms with Gasteiger partial charge in [0.1, 0.15) is 17.5 Å². The summed E-state index contributed by atoms with van der Waals surface area (Å²) in [5.41, 5.74) is 2.37. The summed E-state index contributed by atoms with van der Waals surface area (Å²) in [6, 6.07) is -0.529. The van der Waals surface area contributed by atoms with Crippen molar-refractivity contribution >= 4 is 11.9 Å². The van der Waals surface area contributed by atoms with Crippen molar-refractivity contribution in [1.82, 2.24) is 4.90 Å². The first-order valence-electron chi connectivity index (χ1n) is 9.10. The fraction of sp³-hybridized carbons (Fsp3) is 0.600. The number of hydrogen-bond acceptors (Lipinski definition) is 5. The molecule has 2 unspecified atom stereocenters. The number of likely N-dealkylation sites (tertiary alicyclic amines) is 1. The average Bonchev–Trinajstić information content (AvgIpc) is 3.12. The predicted molar refractivity (Wildman–Crippen MR) is 96.4 cm³/mol. The van der Waals surface area contributed by atoms with E-state index >= 15 is 0 Å². The third-order valence-electron chi connectivity index (χ3n) is 5.96. The van der Waals surface area contributed by atoms with Gasteiger partial charge < -0.3 is 19.5 Å². The molecule has 0 spiro atoms. The molecule has 6 nitrogen and oxygen atoms in total. The maximum Gasteiger partial charge on any atom is 0.328 e. The van der Waals surface area contributed by atoms with Crippen LogP contribution < -0.4 is 4.74 Å². The molecule has 3 rings (SSSR count). The molecule has 1 amide bonds. The van der Waals surface area contributed by atoms with Gasteiger partial charge in [-0.3, -0.25) is 4.79 Å². The molecule has 2 aliphatic heterocycles. The highest BCUT2D eigenvalue weighted by atomic mass is 16.5. The second kappa shape index (κ2) is 6.49. The highest BCUT2D eigenvalue weighted by molar-refractivity contribution is 5.90. The van der Waals surface area contributed by atoms with Crippen LogP contribution in [0.25, 0.3) is 0 Å². The van der Waals surface area contributed by atoms with Gasteiger partial charge in [0.05, 0.1) is 7.11 Å². The predicted octanol–water partition coefficient (Wildman–Crippen LogP) is 2.57. The van der Waals surface area contributed by atoms with Crippen molar-refractivity contribution in [1.29, 1.82) is 0 Å². The molecule has 1 fully saturated rings. The Morgan fingerprint density at radius 1 is 1.23 bits per heavy atom. The third kappa shape index (κ3) is 2.72. The summed E-state index contributed by atoms with van der Waals surface area (Å²) in [6.07, 6.45) is 2.56. The normalized spacial score (nSPS) is 24.8. The lowest BCUT2D eigenvalue weighted by molar-refractivity contribution is -0.158. The number of carbonyl (C=O) groups is 2. The summed E-state index contributed by atoms with van der Waals surface area (Å²) < 4.78 is 11.1. The Morgan fingerprint density at radius 2 is 1.92 bits per heavy atom. The zero-order chi connectivity index (χ0) is 19.2. The fourth-order valence-electron chi connectivity index (χ4n) is 4.09. The van der Waals surface area contributed by atoms with Crippen molar-refractivity contribution in [3.05, 3.63) is 22.3 Å². The summed E-state index contributed by atoms with van der Waals surface area (Å²) in [5, 5.41) is 10.3. The zero-order valence-electron chi connectivity index (χ0n) is 16.1. The maximum absolute atomic E-state index is 13.3. The average molecular weight is 361 g/mol. The fourth-order valence-corrected chi connectivity index (χ4v) is 4.09. The smallest absolute Gasteiger partial charge is 0.328 e. The van der Waals surface area contributed by atoms with Gasteiger partial charge in [-0.25, -0.2) is 4.79 Å². The van der Waals surface area contributed by atoms with E-state index in [9.17, 15) is 14.7 Å². The highest BCUT2D eigenvalue weighted by Crippen LogP contribution is 2.44. The van der Waals surface area contributed by atoms with Gasteiger partial charge in [-0.1, -0.05) is 0 Å². The number of aromatic hydroxyl groups is 1. The number of amides is 1. The van der Waals surface area contributed by atoms with Crippen LogP contribution in [0.15, 0.2) is 0 Å². The lowest BCUT2D eigenvalue weighted by atomic mass is 9.86. The van der Waals surface area contributed by atoms with Gasteiger partial charge in [0.15, 0.2) is 5.60 Å². The molecule has 2 heterocycles. The summed E-state index contributed by atoms with van der Waals surface area (Å²) in [7, 11) is 1.35. The Kier molecular flexibility index (Phi) is 4.63. The van der Waals surface area contributed by atoms with Crippen molar-refractivity contribution < 1.29 is 24.2 Å². The van der Waals surface area contributed by atoms with E-state index in [2.05, 4.69) is 0 Å². The van der Waals surface area contributed by atoms with Crippen molar-refractivity contribution in [3.8, 4) is 11.5 Å². The van der Waals surface area contributed by atoms with E-state index in [1.54, 1.807) is 11.8 Å². The van der Waals surface area contributed by atoms with Crippen LogP contribution in [0, 0.1) is 20.8 Å². The minimum Gasteiger partial charge on any atom is -0.507 e. The molecule has 1 saturated heterocycles. The van der Waals surface area contributed by atoms with E-state index in [1.807, 2.05) is 20.8 Å². The zero-order valence-corrected chi connectivity index (χ0v) is 16.1. The van der Waals surface area contributed by atoms with Gasteiger partial charge in [0.2, 0.25) is 0 Å². The van der Waals surface area contributed by atoms with Gasteiger partial charge >= 0.3 is 5.97 Å². The molecule has 1 aromatic carbocycles. The van der Waals surface area contributed by atoms with Crippen LogP contribution >= 0.6 is 0 Å². The Morgan fingerprint density at radius 3 is 2.58 bits per heavy atom. The highest BCUT2D eigenvalue weighted by Gasteiger charge is 2.47. The van der Waals surface area contributed by atoms with Crippen LogP contribution in [-0.2, 0) is 20.7 Å². The maximum atomic E-state index is 13.3. The Labute approximate surface area is 154 Å². The van der Waals surface area contributed by atoms with Crippen LogP contribution in [0.1, 0.15) is 48.4 Å². The SMILES string of the molecule is COC(=O)C1CCCN1C(=O)C1(C)CCc2c(C)c(O)c(C)c(C)c2O1. The molecule has 0 radical (unpaired) electrons. The number of carbonyl (C=O) groups excluding carboxylic acids is 2. The number of hydrogen-bond donors (Lipinski definition) is 1. The molecule has 0 aromatic heterocycles. The summed E-state index contributed by atoms with van der Waals surface area (Å²) in [4.78, 5) is 26.9. The lowest BCUT2D eigenvalue weighted by Crippen LogP contribution is -2.55. The Bertz CT molecular complexity index is 772. The summed E-state index contributed by atoms with van der Waals surface area (Å²) in [5.74, 6) is 0.445. The molecule has 142 valence electrons. The molecule has 1 N–H and O–H groups in total. The molecule has 0 aliphatic carbocycles. The molecule has 1 aromatic rings. The first-order chi connectivity index (χ1) is 12.2. The third-order valence-corrected chi connectivity index (χ3v) is 5.96. The van der Waals surface area contributed by atoms with E-state index < -0.39 is 11.6 Å². The van der Waals surface area contributed by atoms with Crippen LogP contribution in [0.3, 0.4) is 0 Å². The second-order valence-electron chi connectivity index (χ2n) is 7.54. The molecule has 0 saturated carbocycles. The molecular formula is C20H27NO5. The van der Waals surface area contributed by atoms with Crippen LogP contribution in [-0.4, -0.2) is 47.2 Å². The van der Waals surface area contributed by atoms with Gasteiger partial charge in [0, 0.05) is 18.5 Å². The van der Waals surface area contributed by atoms with E-state index in [-0.39, 0.29) is 11.9 Å². The van der Waals surface area contributed by atoms with Gasteiger partial charge in [-0.05, 0) is 63.6 Å². The summed E-state index contributed by atoms with van der Waals surface area (Å²) in [6.45, 7) is 7.96. The van der Waals surface area contributed by atoms with Gasteiger partial charge in [-0.2, -0.15) is 0 Å². The van der Waals surface area contributed by atoms with Crippen LogP contribution in [0.4, 0.5) is 0 Å². The number of benzene rings is 1. The Hall–Kier alpha value is -2.24. The number of fused-ring (bicyclic) bond motifs is 1. The monoisotopic (exact) mass is 361 g/mol. The first-order valence-corrected chi connectivity index (χ1v) is 9.10. The molecule has 2 aliphatic rings. The molecular weight excluding hydrogens is 334 g/mol. The topological polar surface area (TPSA) is 76.1 Å².